The van der Waals surface area contributed by atoms with Crippen molar-refractivity contribution in [3.8, 4) is 0 Å². The van der Waals surface area contributed by atoms with Crippen molar-refractivity contribution in [2.45, 2.75) is 50.6 Å². The molecule has 0 unspecified atom stereocenters. The Hall–Kier alpha value is 0.623. The Bertz CT molecular complexity index is 66.9. The van der Waals surface area contributed by atoms with Gasteiger partial charge in [-0.25, -0.2) is 0 Å². The van der Waals surface area contributed by atoms with Crippen LogP contribution in [0.4, 0.5) is 0 Å². The minimum atomic E-state index is -0.0646. The number of hydrogen-bond acceptors (Lipinski definition) is 0. The summed E-state index contributed by atoms with van der Waals surface area (Å²) < 4.78 is 0. The summed E-state index contributed by atoms with van der Waals surface area (Å²) in [4.78, 5) is 0. The summed E-state index contributed by atoms with van der Waals surface area (Å²) in [5.74, 6) is 1.89. The molecule has 0 bridgehead atoms. The molecule has 0 heterocycles. The second-order valence-electron chi connectivity index (χ2n) is 4.43. The minimum absolute atomic E-state index is 0.0646. The van der Waals surface area contributed by atoms with Crippen molar-refractivity contribution in [3.05, 3.63) is 0 Å². The molecule has 0 aliphatic carbocycles. The molecule has 11 heavy (non-hydrogen) atoms. The van der Waals surface area contributed by atoms with E-state index in [-0.39, 0.29) is 17.1 Å². The van der Waals surface area contributed by atoms with Gasteiger partial charge in [0.05, 0.1) is 0 Å². The van der Waals surface area contributed by atoms with Crippen molar-refractivity contribution in [3.63, 3.8) is 0 Å². The van der Waals surface area contributed by atoms with E-state index in [1.54, 1.807) is 10.0 Å². The standard InChI is InChI=1S/2C5H11.Zn/c2*1-4-5(2)3;/h2*5H,1,4H2,2-3H3;. The van der Waals surface area contributed by atoms with Crippen LogP contribution in [0.5, 0.6) is 0 Å². The molecule has 0 rings (SSSR count). The van der Waals surface area contributed by atoms with Gasteiger partial charge in [0.25, 0.3) is 0 Å². The van der Waals surface area contributed by atoms with E-state index in [4.69, 9.17) is 0 Å². The number of rotatable bonds is 6. The van der Waals surface area contributed by atoms with Gasteiger partial charge in [-0.05, 0) is 0 Å². The van der Waals surface area contributed by atoms with Gasteiger partial charge >= 0.3 is 79.5 Å². The van der Waals surface area contributed by atoms with Crippen molar-refractivity contribution in [1.29, 1.82) is 0 Å². The fourth-order valence-corrected chi connectivity index (χ4v) is 6.66. The predicted octanol–water partition coefficient (Wildman–Crippen LogP) is 4.00. The van der Waals surface area contributed by atoms with Crippen molar-refractivity contribution < 1.29 is 17.1 Å². The van der Waals surface area contributed by atoms with Crippen LogP contribution in [0.25, 0.3) is 0 Å². The van der Waals surface area contributed by atoms with Gasteiger partial charge in [-0.2, -0.15) is 0 Å². The summed E-state index contributed by atoms with van der Waals surface area (Å²) >= 11 is -0.0646. The molecule has 0 nitrogen and oxygen atoms in total. The molecule has 0 atom stereocenters. The molecule has 0 aromatic rings. The van der Waals surface area contributed by atoms with E-state index < -0.39 is 0 Å². The average Bonchev–Trinajstić information content (AvgIpc) is 1.85. The Kier molecular flexibility index (Phi) is 7.69. The first-order valence-corrected chi connectivity index (χ1v) is 9.32. The molecule has 64 valence electrons. The molecule has 0 saturated carbocycles. The van der Waals surface area contributed by atoms with E-state index in [9.17, 15) is 0 Å². The fourth-order valence-electron chi connectivity index (χ4n) is 1.28. The van der Waals surface area contributed by atoms with Crippen molar-refractivity contribution >= 4 is 0 Å². The summed E-state index contributed by atoms with van der Waals surface area (Å²) in [5, 5.41) is 3.24. The van der Waals surface area contributed by atoms with Crippen LogP contribution in [-0.4, -0.2) is 0 Å². The molecule has 0 N–H and O–H groups in total. The predicted molar refractivity (Wildman–Crippen MR) is 48.5 cm³/mol. The van der Waals surface area contributed by atoms with Crippen LogP contribution in [0, 0.1) is 11.8 Å². The van der Waals surface area contributed by atoms with Gasteiger partial charge in [-0.15, -0.1) is 0 Å². The molecule has 0 saturated heterocycles. The van der Waals surface area contributed by atoms with E-state index in [2.05, 4.69) is 27.7 Å². The molecular weight excluding hydrogens is 185 g/mol. The third-order valence-corrected chi connectivity index (χ3v) is 5.87. The normalized spacial score (nSPS) is 10.7. The first-order chi connectivity index (χ1) is 5.13. The van der Waals surface area contributed by atoms with Crippen LogP contribution in [0.15, 0.2) is 0 Å². The molecule has 1 heteroatoms. The van der Waals surface area contributed by atoms with Crippen LogP contribution in [-0.2, 0) is 17.1 Å². The van der Waals surface area contributed by atoms with E-state index in [1.165, 1.54) is 12.8 Å². The molecule has 0 spiro atoms. The van der Waals surface area contributed by atoms with E-state index >= 15 is 0 Å². The van der Waals surface area contributed by atoms with Crippen LogP contribution in [0.1, 0.15) is 40.5 Å². The summed E-state index contributed by atoms with van der Waals surface area (Å²) in [6.07, 6.45) is 3.00. The topological polar surface area (TPSA) is 0 Å². The second-order valence-corrected chi connectivity index (χ2v) is 8.88. The fraction of sp³-hybridized carbons (Fsp3) is 1.00. The van der Waals surface area contributed by atoms with Crippen LogP contribution in [0.2, 0.25) is 10.0 Å². The molecule has 0 aliphatic rings. The molecule has 0 aromatic heterocycles. The van der Waals surface area contributed by atoms with Crippen LogP contribution >= 0.6 is 0 Å². The van der Waals surface area contributed by atoms with Gasteiger partial charge in [0.1, 0.15) is 0 Å². The Morgan fingerprint density at radius 3 is 1.45 bits per heavy atom. The van der Waals surface area contributed by atoms with Crippen LogP contribution in [0.3, 0.4) is 0 Å². The molecule has 0 fully saturated rings. The number of hydrogen-bond donors (Lipinski definition) is 0. The average molecular weight is 208 g/mol. The van der Waals surface area contributed by atoms with Gasteiger partial charge in [0.2, 0.25) is 0 Å². The Morgan fingerprint density at radius 2 is 1.18 bits per heavy atom. The van der Waals surface area contributed by atoms with E-state index in [0.717, 1.165) is 11.8 Å². The van der Waals surface area contributed by atoms with E-state index in [1.807, 2.05) is 0 Å². The summed E-state index contributed by atoms with van der Waals surface area (Å²) in [6.45, 7) is 9.35. The van der Waals surface area contributed by atoms with E-state index in [0.29, 0.717) is 0 Å². The Balaban J connectivity index is 2.91. The van der Waals surface area contributed by atoms with Gasteiger partial charge in [0, 0.05) is 0 Å². The van der Waals surface area contributed by atoms with Gasteiger partial charge in [-0.3, -0.25) is 0 Å². The van der Waals surface area contributed by atoms with Crippen molar-refractivity contribution in [1.82, 2.24) is 0 Å². The quantitative estimate of drug-likeness (QED) is 0.456. The van der Waals surface area contributed by atoms with Gasteiger partial charge < -0.3 is 0 Å². The third-order valence-electron chi connectivity index (χ3n) is 2.06. The Morgan fingerprint density at radius 1 is 0.818 bits per heavy atom. The Labute approximate surface area is 79.7 Å². The summed E-state index contributed by atoms with van der Waals surface area (Å²) in [7, 11) is 0. The molecular formula is C10H22Zn. The zero-order chi connectivity index (χ0) is 8.69. The maximum absolute atomic E-state index is 2.34. The summed E-state index contributed by atoms with van der Waals surface area (Å²) in [5.41, 5.74) is 0. The summed E-state index contributed by atoms with van der Waals surface area (Å²) in [6, 6.07) is 0. The molecule has 0 radical (unpaired) electrons. The molecule has 0 amide bonds. The monoisotopic (exact) mass is 206 g/mol. The zero-order valence-corrected chi connectivity index (χ0v) is 11.7. The van der Waals surface area contributed by atoms with Crippen molar-refractivity contribution in [2.75, 3.05) is 0 Å². The first-order valence-electron chi connectivity index (χ1n) is 5.13. The first kappa shape index (κ1) is 11.6. The molecule has 0 aliphatic heterocycles. The second kappa shape index (κ2) is 7.28. The third kappa shape index (κ3) is 10.6. The van der Waals surface area contributed by atoms with Crippen molar-refractivity contribution in [2.24, 2.45) is 11.8 Å². The zero-order valence-electron chi connectivity index (χ0n) is 8.69. The maximum atomic E-state index is 2.34. The van der Waals surface area contributed by atoms with Gasteiger partial charge in [0.15, 0.2) is 0 Å². The van der Waals surface area contributed by atoms with Gasteiger partial charge in [-0.1, -0.05) is 0 Å². The molecule has 0 aromatic carbocycles. The SMILES string of the molecule is CC(C)C[CH2][Zn][CH2]CC(C)C. The van der Waals surface area contributed by atoms with Crippen LogP contribution < -0.4 is 0 Å².